The van der Waals surface area contributed by atoms with Crippen molar-refractivity contribution in [3.05, 3.63) is 53.5 Å². The van der Waals surface area contributed by atoms with Gasteiger partial charge in [0.1, 0.15) is 10.8 Å². The lowest BCUT2D eigenvalue weighted by Gasteiger charge is -2.36. The molecule has 6 nitrogen and oxygen atoms in total. The molecular weight excluding hydrogens is 360 g/mol. The predicted molar refractivity (Wildman–Crippen MR) is 109 cm³/mol. The highest BCUT2D eigenvalue weighted by molar-refractivity contribution is 7.18. The van der Waals surface area contributed by atoms with E-state index in [4.69, 9.17) is 4.74 Å². The van der Waals surface area contributed by atoms with Crippen molar-refractivity contribution in [1.29, 1.82) is 0 Å². The Morgan fingerprint density at radius 1 is 1.11 bits per heavy atom. The van der Waals surface area contributed by atoms with Crippen LogP contribution < -0.4 is 15.0 Å². The number of ether oxygens (including phenoxy) is 1. The molecule has 0 aliphatic carbocycles. The summed E-state index contributed by atoms with van der Waals surface area (Å²) in [5.41, 5.74) is 2.14. The van der Waals surface area contributed by atoms with Crippen LogP contribution in [0.15, 0.2) is 48.5 Å². The summed E-state index contributed by atoms with van der Waals surface area (Å²) in [5.74, 6) is 0.853. The Bertz CT molecular complexity index is 884. The van der Waals surface area contributed by atoms with Gasteiger partial charge in [0.25, 0.3) is 0 Å². The van der Waals surface area contributed by atoms with Crippen LogP contribution in [0.4, 0.5) is 10.5 Å². The van der Waals surface area contributed by atoms with E-state index in [2.05, 4.69) is 33.4 Å². The van der Waals surface area contributed by atoms with Gasteiger partial charge in [0.05, 0.1) is 23.9 Å². The van der Waals surface area contributed by atoms with Crippen LogP contribution in [-0.2, 0) is 6.54 Å². The molecule has 1 aromatic heterocycles. The molecule has 1 aliphatic rings. The molecule has 2 amide bonds. The molecule has 2 aromatic carbocycles. The first-order valence-corrected chi connectivity index (χ1v) is 9.81. The van der Waals surface area contributed by atoms with Crippen LogP contribution in [0.2, 0.25) is 0 Å². The molecule has 4 rings (SSSR count). The number of nitrogens with zero attached hydrogens (tertiary/aromatic N) is 3. The number of thiazole rings is 1. The number of rotatable bonds is 4. The van der Waals surface area contributed by atoms with Crippen molar-refractivity contribution in [2.45, 2.75) is 6.54 Å². The fourth-order valence-corrected chi connectivity index (χ4v) is 4.13. The molecule has 7 heteroatoms. The Labute approximate surface area is 162 Å². The summed E-state index contributed by atoms with van der Waals surface area (Å²) >= 11 is 1.62. The van der Waals surface area contributed by atoms with Crippen LogP contribution in [0.1, 0.15) is 5.01 Å². The van der Waals surface area contributed by atoms with E-state index in [-0.39, 0.29) is 6.03 Å². The third kappa shape index (κ3) is 3.98. The first-order valence-electron chi connectivity index (χ1n) is 8.99. The van der Waals surface area contributed by atoms with Gasteiger partial charge in [-0.2, -0.15) is 0 Å². The maximum Gasteiger partial charge on any atom is 0.317 e. The van der Waals surface area contributed by atoms with Crippen LogP contribution in [-0.4, -0.2) is 49.2 Å². The van der Waals surface area contributed by atoms with Crippen LogP contribution in [0.25, 0.3) is 10.2 Å². The van der Waals surface area contributed by atoms with Crippen molar-refractivity contribution in [2.75, 3.05) is 38.2 Å². The molecule has 1 aliphatic heterocycles. The number of hydrogen-bond acceptors (Lipinski definition) is 5. The van der Waals surface area contributed by atoms with E-state index in [1.807, 2.05) is 35.2 Å². The molecule has 0 atom stereocenters. The molecule has 3 aromatic rings. The number of hydrogen-bond donors (Lipinski definition) is 1. The fourth-order valence-electron chi connectivity index (χ4n) is 3.22. The molecule has 2 heterocycles. The number of methoxy groups -OCH3 is 1. The lowest BCUT2D eigenvalue weighted by molar-refractivity contribution is 0.194. The molecular formula is C20H22N4O2S. The van der Waals surface area contributed by atoms with E-state index in [0.717, 1.165) is 39.8 Å². The number of urea groups is 1. The number of para-hydroxylation sites is 1. The van der Waals surface area contributed by atoms with Crippen molar-refractivity contribution in [3.63, 3.8) is 0 Å². The molecule has 140 valence electrons. The Hall–Kier alpha value is -2.80. The van der Waals surface area contributed by atoms with Gasteiger partial charge in [-0.15, -0.1) is 11.3 Å². The van der Waals surface area contributed by atoms with E-state index < -0.39 is 0 Å². The zero-order chi connectivity index (χ0) is 18.6. The third-order valence-electron chi connectivity index (χ3n) is 4.73. The number of carbonyl (C=O) groups excluding carboxylic acids is 1. The number of fused-ring (bicyclic) bond motifs is 1. The second kappa shape index (κ2) is 7.84. The summed E-state index contributed by atoms with van der Waals surface area (Å²) in [6.45, 7) is 3.52. The average molecular weight is 382 g/mol. The van der Waals surface area contributed by atoms with E-state index in [0.29, 0.717) is 19.6 Å². The number of nitrogens with one attached hydrogen (secondary N) is 1. The first kappa shape index (κ1) is 17.6. The number of aromatic nitrogens is 1. The summed E-state index contributed by atoms with van der Waals surface area (Å²) < 4.78 is 6.35. The van der Waals surface area contributed by atoms with Gasteiger partial charge in [-0.1, -0.05) is 12.1 Å². The smallest absolute Gasteiger partial charge is 0.317 e. The highest BCUT2D eigenvalue weighted by Gasteiger charge is 2.21. The minimum Gasteiger partial charge on any atom is -0.497 e. The fraction of sp³-hybridized carbons (Fsp3) is 0.300. The van der Waals surface area contributed by atoms with Crippen molar-refractivity contribution >= 4 is 33.3 Å². The number of anilines is 1. The van der Waals surface area contributed by atoms with Gasteiger partial charge in [-0.25, -0.2) is 9.78 Å². The van der Waals surface area contributed by atoms with Crippen LogP contribution in [0.5, 0.6) is 5.75 Å². The van der Waals surface area contributed by atoms with Crippen molar-refractivity contribution in [3.8, 4) is 5.75 Å². The van der Waals surface area contributed by atoms with Gasteiger partial charge in [0.2, 0.25) is 0 Å². The predicted octanol–water partition coefficient (Wildman–Crippen LogP) is 3.34. The third-order valence-corrected chi connectivity index (χ3v) is 5.77. The Morgan fingerprint density at radius 3 is 2.56 bits per heavy atom. The molecule has 0 saturated carbocycles. The molecule has 0 bridgehead atoms. The van der Waals surface area contributed by atoms with Crippen LogP contribution in [0, 0.1) is 0 Å². The van der Waals surface area contributed by atoms with Crippen LogP contribution in [0.3, 0.4) is 0 Å². The van der Waals surface area contributed by atoms with Gasteiger partial charge < -0.3 is 19.9 Å². The summed E-state index contributed by atoms with van der Waals surface area (Å²) in [6.07, 6.45) is 0. The van der Waals surface area contributed by atoms with E-state index in [1.165, 1.54) is 0 Å². The molecule has 27 heavy (non-hydrogen) atoms. The monoisotopic (exact) mass is 382 g/mol. The molecule has 0 radical (unpaired) electrons. The number of piperazine rings is 1. The number of carbonyl (C=O) groups is 1. The van der Waals surface area contributed by atoms with Gasteiger partial charge in [0.15, 0.2) is 0 Å². The normalized spacial score (nSPS) is 14.4. The van der Waals surface area contributed by atoms with Crippen LogP contribution >= 0.6 is 11.3 Å². The second-order valence-electron chi connectivity index (χ2n) is 6.41. The average Bonchev–Trinajstić information content (AvgIpc) is 3.15. The van der Waals surface area contributed by atoms with E-state index in [9.17, 15) is 4.79 Å². The molecule has 0 unspecified atom stereocenters. The molecule has 1 fully saturated rings. The largest absolute Gasteiger partial charge is 0.497 e. The highest BCUT2D eigenvalue weighted by atomic mass is 32.1. The SMILES string of the molecule is COc1ccc(N2CCN(C(=O)NCc3nc4ccccc4s3)CC2)cc1. The standard InChI is InChI=1S/C20H22N4O2S/c1-26-16-8-6-15(7-9-16)23-10-12-24(13-11-23)20(25)21-14-19-22-17-4-2-3-5-18(17)27-19/h2-9H,10-14H2,1H3,(H,21,25). The maximum absolute atomic E-state index is 12.5. The van der Waals surface area contributed by atoms with Gasteiger partial charge in [-0.05, 0) is 36.4 Å². The minimum absolute atomic E-state index is 0.0244. The first-order chi connectivity index (χ1) is 13.2. The lowest BCUT2D eigenvalue weighted by Crippen LogP contribution is -2.51. The zero-order valence-corrected chi connectivity index (χ0v) is 16.0. The summed E-state index contributed by atoms with van der Waals surface area (Å²) in [4.78, 5) is 21.2. The Morgan fingerprint density at radius 2 is 1.85 bits per heavy atom. The Kier molecular flexibility index (Phi) is 5.11. The quantitative estimate of drug-likeness (QED) is 0.752. The van der Waals surface area contributed by atoms with Crippen molar-refractivity contribution < 1.29 is 9.53 Å². The van der Waals surface area contributed by atoms with Gasteiger partial charge >= 0.3 is 6.03 Å². The summed E-state index contributed by atoms with van der Waals surface area (Å²) in [5, 5.41) is 3.93. The number of amides is 2. The maximum atomic E-state index is 12.5. The van der Waals surface area contributed by atoms with E-state index in [1.54, 1.807) is 18.4 Å². The van der Waals surface area contributed by atoms with Crippen molar-refractivity contribution in [1.82, 2.24) is 15.2 Å². The number of benzene rings is 2. The highest BCUT2D eigenvalue weighted by Crippen LogP contribution is 2.22. The van der Waals surface area contributed by atoms with Gasteiger partial charge in [0, 0.05) is 31.9 Å². The molecule has 0 spiro atoms. The lowest BCUT2D eigenvalue weighted by atomic mass is 10.2. The molecule has 1 N–H and O–H groups in total. The zero-order valence-electron chi connectivity index (χ0n) is 15.2. The second-order valence-corrected chi connectivity index (χ2v) is 7.52. The summed E-state index contributed by atoms with van der Waals surface area (Å²) in [6, 6.07) is 16.1. The minimum atomic E-state index is -0.0244. The summed E-state index contributed by atoms with van der Waals surface area (Å²) in [7, 11) is 1.67. The molecule has 1 saturated heterocycles. The Balaban J connectivity index is 1.29. The van der Waals surface area contributed by atoms with E-state index >= 15 is 0 Å². The van der Waals surface area contributed by atoms with Crippen molar-refractivity contribution in [2.24, 2.45) is 0 Å². The topological polar surface area (TPSA) is 57.7 Å². The van der Waals surface area contributed by atoms with Gasteiger partial charge in [-0.3, -0.25) is 0 Å².